The van der Waals surface area contributed by atoms with Gasteiger partial charge in [0.05, 0.1) is 12.0 Å². The van der Waals surface area contributed by atoms with Gasteiger partial charge >= 0.3 is 0 Å². The molecule has 0 saturated carbocycles. The van der Waals surface area contributed by atoms with Crippen molar-refractivity contribution in [2.24, 2.45) is 0 Å². The minimum atomic E-state index is -0.351. The summed E-state index contributed by atoms with van der Waals surface area (Å²) < 4.78 is 11.1. The van der Waals surface area contributed by atoms with E-state index in [-0.39, 0.29) is 29.7 Å². The third-order valence-electron chi connectivity index (χ3n) is 4.54. The number of aryl methyl sites for hydroxylation is 1. The number of carbonyl (C=O) groups is 3. The van der Waals surface area contributed by atoms with E-state index in [0.29, 0.717) is 27.7 Å². The molecule has 0 unspecified atom stereocenters. The minimum absolute atomic E-state index is 0.232. The first-order chi connectivity index (χ1) is 14.8. The number of rotatable bonds is 7. The van der Waals surface area contributed by atoms with Crippen molar-refractivity contribution >= 4 is 40.6 Å². The Hall–Kier alpha value is -3.26. The molecule has 1 N–H and O–H groups in total. The summed E-state index contributed by atoms with van der Waals surface area (Å²) in [7, 11) is 1.49. The second-order valence-electron chi connectivity index (χ2n) is 7.23. The molecule has 1 aliphatic rings. The van der Waals surface area contributed by atoms with Crippen molar-refractivity contribution in [3.8, 4) is 11.5 Å². The molecule has 8 heteroatoms. The lowest BCUT2D eigenvalue weighted by molar-refractivity contribution is -0.123. The van der Waals surface area contributed by atoms with Gasteiger partial charge in [-0.05, 0) is 56.8 Å². The normalized spacial score (nSPS) is 15.0. The fourth-order valence-corrected chi connectivity index (χ4v) is 3.95. The number of anilines is 1. The Balaban J connectivity index is 1.79. The van der Waals surface area contributed by atoms with Gasteiger partial charge in [-0.15, -0.1) is 0 Å². The Labute approximate surface area is 185 Å². The Morgan fingerprint density at radius 2 is 1.87 bits per heavy atom. The van der Waals surface area contributed by atoms with E-state index in [1.54, 1.807) is 38.1 Å². The number of thioether (sulfide) groups is 1. The maximum atomic E-state index is 12.6. The van der Waals surface area contributed by atoms with Crippen LogP contribution in [0.5, 0.6) is 11.5 Å². The molecule has 2 aromatic carbocycles. The second-order valence-corrected chi connectivity index (χ2v) is 8.22. The van der Waals surface area contributed by atoms with Crippen molar-refractivity contribution in [1.29, 1.82) is 0 Å². The molecular formula is C23H24N2O5S. The van der Waals surface area contributed by atoms with E-state index in [0.717, 1.165) is 17.3 Å². The van der Waals surface area contributed by atoms with Crippen LogP contribution in [0.25, 0.3) is 6.08 Å². The molecule has 7 nitrogen and oxygen atoms in total. The molecule has 0 aliphatic carbocycles. The minimum Gasteiger partial charge on any atom is -0.493 e. The number of imide groups is 1. The summed E-state index contributed by atoms with van der Waals surface area (Å²) in [4.78, 5) is 38.6. The zero-order chi connectivity index (χ0) is 22.5. The first kappa shape index (κ1) is 22.4. The summed E-state index contributed by atoms with van der Waals surface area (Å²) in [5.74, 6) is 0.0529. The highest BCUT2D eigenvalue weighted by Crippen LogP contribution is 2.38. The Morgan fingerprint density at radius 1 is 1.16 bits per heavy atom. The van der Waals surface area contributed by atoms with Gasteiger partial charge in [-0.1, -0.05) is 29.8 Å². The monoisotopic (exact) mass is 440 g/mol. The lowest BCUT2D eigenvalue weighted by Gasteiger charge is -2.16. The smallest absolute Gasteiger partial charge is 0.293 e. The topological polar surface area (TPSA) is 84.9 Å². The number of methoxy groups -OCH3 is 1. The zero-order valence-electron chi connectivity index (χ0n) is 17.8. The molecule has 1 saturated heterocycles. The van der Waals surface area contributed by atoms with Gasteiger partial charge in [-0.25, -0.2) is 0 Å². The third-order valence-corrected chi connectivity index (χ3v) is 5.42. The number of carbonyl (C=O) groups excluding carboxylic acids is 3. The van der Waals surface area contributed by atoms with Gasteiger partial charge in [0.15, 0.2) is 18.1 Å². The van der Waals surface area contributed by atoms with E-state index in [2.05, 4.69) is 5.32 Å². The van der Waals surface area contributed by atoms with Gasteiger partial charge in [-0.2, -0.15) is 0 Å². The Kier molecular flexibility index (Phi) is 7.02. The zero-order valence-corrected chi connectivity index (χ0v) is 18.6. The summed E-state index contributed by atoms with van der Waals surface area (Å²) in [5, 5.41) is 2.46. The molecule has 0 spiro atoms. The number of para-hydroxylation sites is 1. The van der Waals surface area contributed by atoms with E-state index in [9.17, 15) is 14.4 Å². The summed E-state index contributed by atoms with van der Waals surface area (Å²) in [6.07, 6.45) is 1.59. The van der Waals surface area contributed by atoms with Gasteiger partial charge in [0, 0.05) is 17.3 Å². The maximum Gasteiger partial charge on any atom is 0.293 e. The molecule has 0 bridgehead atoms. The van der Waals surface area contributed by atoms with Crippen LogP contribution in [0.15, 0.2) is 47.4 Å². The molecule has 1 fully saturated rings. The lowest BCUT2D eigenvalue weighted by atomic mass is 10.1. The lowest BCUT2D eigenvalue weighted by Crippen LogP contribution is -2.34. The predicted octanol–water partition coefficient (Wildman–Crippen LogP) is 4.47. The molecule has 31 heavy (non-hydrogen) atoms. The summed E-state index contributed by atoms with van der Waals surface area (Å²) in [6, 6.07) is 12.4. The van der Waals surface area contributed by atoms with E-state index in [4.69, 9.17) is 9.47 Å². The molecule has 1 heterocycles. The van der Waals surface area contributed by atoms with E-state index in [1.807, 2.05) is 31.2 Å². The second kappa shape index (κ2) is 9.70. The van der Waals surface area contributed by atoms with Crippen LogP contribution in [0.1, 0.15) is 25.0 Å². The number of ether oxygens (including phenoxy) is 2. The molecule has 3 rings (SSSR count). The quantitative estimate of drug-likeness (QED) is 0.640. The van der Waals surface area contributed by atoms with Crippen LogP contribution in [0.4, 0.5) is 10.5 Å². The highest BCUT2D eigenvalue weighted by molar-refractivity contribution is 8.18. The molecule has 0 aromatic heterocycles. The van der Waals surface area contributed by atoms with Crippen LogP contribution < -0.4 is 14.8 Å². The Morgan fingerprint density at radius 3 is 2.48 bits per heavy atom. The predicted molar refractivity (Wildman–Crippen MR) is 121 cm³/mol. The van der Waals surface area contributed by atoms with Crippen molar-refractivity contribution in [2.45, 2.75) is 26.8 Å². The van der Waals surface area contributed by atoms with E-state index in [1.165, 1.54) is 12.0 Å². The standard InChI is InChI=1S/C23H24N2O5S/c1-14(2)25-22(27)19(31-23(25)28)12-16-6-5-7-18(29-4)21(16)30-13-20(26)24-17-10-8-15(3)9-11-17/h5-12,14H,13H2,1-4H3,(H,24,26)/b19-12+. The average molecular weight is 441 g/mol. The molecular weight excluding hydrogens is 416 g/mol. The number of hydrogen-bond donors (Lipinski definition) is 1. The van der Waals surface area contributed by atoms with Crippen LogP contribution in [-0.2, 0) is 9.59 Å². The number of hydrogen-bond acceptors (Lipinski definition) is 6. The van der Waals surface area contributed by atoms with E-state index >= 15 is 0 Å². The van der Waals surface area contributed by atoms with Gasteiger partial charge in [-0.3, -0.25) is 19.3 Å². The van der Waals surface area contributed by atoms with Crippen molar-refractivity contribution in [2.75, 3.05) is 19.0 Å². The van der Waals surface area contributed by atoms with Gasteiger partial charge in [0.1, 0.15) is 0 Å². The van der Waals surface area contributed by atoms with Crippen LogP contribution in [0.3, 0.4) is 0 Å². The fraction of sp³-hybridized carbons (Fsp3) is 0.261. The van der Waals surface area contributed by atoms with Crippen LogP contribution in [0.2, 0.25) is 0 Å². The molecule has 3 amide bonds. The maximum absolute atomic E-state index is 12.6. The first-order valence-corrected chi connectivity index (χ1v) is 10.5. The van der Waals surface area contributed by atoms with Crippen LogP contribution in [0, 0.1) is 6.92 Å². The molecule has 0 atom stereocenters. The summed E-state index contributed by atoms with van der Waals surface area (Å²) >= 11 is 0.877. The summed E-state index contributed by atoms with van der Waals surface area (Å²) in [6.45, 7) is 5.29. The van der Waals surface area contributed by atoms with Gasteiger partial charge in [0.2, 0.25) is 0 Å². The summed E-state index contributed by atoms with van der Waals surface area (Å²) in [5.41, 5.74) is 2.30. The average Bonchev–Trinajstić information content (AvgIpc) is 3.01. The van der Waals surface area contributed by atoms with Crippen molar-refractivity contribution in [3.63, 3.8) is 0 Å². The van der Waals surface area contributed by atoms with Crippen molar-refractivity contribution in [3.05, 3.63) is 58.5 Å². The molecule has 1 aliphatic heterocycles. The number of nitrogens with one attached hydrogen (secondary N) is 1. The van der Waals surface area contributed by atoms with Gasteiger partial charge < -0.3 is 14.8 Å². The van der Waals surface area contributed by atoms with E-state index < -0.39 is 0 Å². The number of benzene rings is 2. The molecule has 162 valence electrons. The molecule has 2 aromatic rings. The first-order valence-electron chi connectivity index (χ1n) is 9.73. The van der Waals surface area contributed by atoms with Crippen LogP contribution in [-0.4, -0.2) is 41.7 Å². The third kappa shape index (κ3) is 5.27. The van der Waals surface area contributed by atoms with Crippen molar-refractivity contribution in [1.82, 2.24) is 4.90 Å². The SMILES string of the molecule is COc1cccc(/C=C2/SC(=O)N(C(C)C)C2=O)c1OCC(=O)Nc1ccc(C)cc1. The fourth-order valence-electron chi connectivity index (χ4n) is 3.00. The van der Waals surface area contributed by atoms with Crippen LogP contribution >= 0.6 is 11.8 Å². The Bertz CT molecular complexity index is 1030. The highest BCUT2D eigenvalue weighted by atomic mass is 32.2. The number of nitrogens with zero attached hydrogens (tertiary/aromatic N) is 1. The number of amides is 3. The van der Waals surface area contributed by atoms with Crippen molar-refractivity contribution < 1.29 is 23.9 Å². The van der Waals surface area contributed by atoms with Gasteiger partial charge in [0.25, 0.3) is 17.1 Å². The molecule has 0 radical (unpaired) electrons. The largest absolute Gasteiger partial charge is 0.493 e. The highest BCUT2D eigenvalue weighted by Gasteiger charge is 2.36.